The van der Waals surface area contributed by atoms with Crippen LogP contribution in [0.25, 0.3) is 0 Å². The fourth-order valence-corrected chi connectivity index (χ4v) is 1.54. The number of hydrogen-bond acceptors (Lipinski definition) is 3. The maximum absolute atomic E-state index is 11.8. The number of nitrogens with zero attached hydrogens (tertiary/aromatic N) is 1. The van der Waals surface area contributed by atoms with Crippen molar-refractivity contribution in [3.63, 3.8) is 0 Å². The van der Waals surface area contributed by atoms with Crippen LogP contribution in [0.5, 0.6) is 0 Å². The molecule has 1 saturated heterocycles. The first-order valence-electron chi connectivity index (χ1n) is 5.46. The van der Waals surface area contributed by atoms with Gasteiger partial charge in [0.2, 0.25) is 5.91 Å². The van der Waals surface area contributed by atoms with Crippen LogP contribution in [-0.4, -0.2) is 56.0 Å². The van der Waals surface area contributed by atoms with E-state index in [2.05, 4.69) is 4.74 Å². The van der Waals surface area contributed by atoms with Crippen molar-refractivity contribution in [2.75, 3.05) is 32.9 Å². The molecule has 0 aromatic heterocycles. The number of alkyl halides is 3. The summed E-state index contributed by atoms with van der Waals surface area (Å²) in [6.45, 7) is 1.26. The van der Waals surface area contributed by atoms with Crippen LogP contribution in [0.3, 0.4) is 0 Å². The molecule has 0 bridgehead atoms. The van der Waals surface area contributed by atoms with Crippen molar-refractivity contribution in [2.24, 2.45) is 0 Å². The van der Waals surface area contributed by atoms with Crippen LogP contribution in [0.15, 0.2) is 0 Å². The fraction of sp³-hybridized carbons (Fsp3) is 0.900. The van der Waals surface area contributed by atoms with Gasteiger partial charge in [-0.3, -0.25) is 4.79 Å². The Morgan fingerprint density at radius 3 is 2.82 bits per heavy atom. The van der Waals surface area contributed by atoms with Crippen LogP contribution in [0.4, 0.5) is 13.2 Å². The van der Waals surface area contributed by atoms with Gasteiger partial charge in [-0.25, -0.2) is 0 Å². The zero-order chi connectivity index (χ0) is 12.9. The van der Waals surface area contributed by atoms with Gasteiger partial charge in [-0.1, -0.05) is 6.92 Å². The number of ether oxygens (including phenoxy) is 2. The summed E-state index contributed by atoms with van der Waals surface area (Å²) in [5.41, 5.74) is 0. The average molecular weight is 255 g/mol. The molecule has 1 unspecified atom stereocenters. The zero-order valence-corrected chi connectivity index (χ0v) is 9.63. The van der Waals surface area contributed by atoms with Gasteiger partial charge in [-0.2, -0.15) is 13.2 Å². The van der Waals surface area contributed by atoms with Crippen molar-refractivity contribution in [2.45, 2.75) is 25.6 Å². The number of halogens is 3. The second-order valence-corrected chi connectivity index (χ2v) is 3.85. The Morgan fingerprint density at radius 2 is 2.24 bits per heavy atom. The van der Waals surface area contributed by atoms with E-state index in [9.17, 15) is 18.0 Å². The fourth-order valence-electron chi connectivity index (χ4n) is 1.54. The quantitative estimate of drug-likeness (QED) is 0.757. The van der Waals surface area contributed by atoms with Crippen molar-refractivity contribution in [1.82, 2.24) is 4.90 Å². The molecule has 1 heterocycles. The number of amides is 1. The third kappa shape index (κ3) is 5.36. The van der Waals surface area contributed by atoms with Crippen molar-refractivity contribution < 1.29 is 27.4 Å². The first kappa shape index (κ1) is 14.2. The standard InChI is InChI=1S/C10H16F3NO3/c1-2-8-5-14(3-4-17-8)9(15)6-16-7-10(11,12)13/h8H,2-7H2,1H3. The van der Waals surface area contributed by atoms with Gasteiger partial charge in [0, 0.05) is 13.1 Å². The number of morpholine rings is 1. The maximum Gasteiger partial charge on any atom is 0.411 e. The lowest BCUT2D eigenvalue weighted by Gasteiger charge is -2.32. The van der Waals surface area contributed by atoms with Crippen LogP contribution in [-0.2, 0) is 14.3 Å². The van der Waals surface area contributed by atoms with Gasteiger partial charge < -0.3 is 14.4 Å². The molecular formula is C10H16F3NO3. The molecule has 0 aliphatic carbocycles. The van der Waals surface area contributed by atoms with Crippen LogP contribution in [0.2, 0.25) is 0 Å². The van der Waals surface area contributed by atoms with E-state index in [-0.39, 0.29) is 6.10 Å². The van der Waals surface area contributed by atoms with Gasteiger partial charge in [0.05, 0.1) is 12.7 Å². The highest BCUT2D eigenvalue weighted by molar-refractivity contribution is 5.77. The molecule has 0 aromatic rings. The summed E-state index contributed by atoms with van der Waals surface area (Å²) in [6, 6.07) is 0. The SMILES string of the molecule is CCC1CN(C(=O)COCC(F)(F)F)CCO1. The Bertz CT molecular complexity index is 258. The van der Waals surface area contributed by atoms with E-state index in [1.807, 2.05) is 6.92 Å². The van der Waals surface area contributed by atoms with E-state index in [1.54, 1.807) is 0 Å². The van der Waals surface area contributed by atoms with Gasteiger partial charge >= 0.3 is 6.18 Å². The first-order chi connectivity index (χ1) is 7.92. The number of carbonyl (C=O) groups excluding carboxylic acids is 1. The molecule has 1 fully saturated rings. The van der Waals surface area contributed by atoms with Gasteiger partial charge in [-0.15, -0.1) is 0 Å². The lowest BCUT2D eigenvalue weighted by atomic mass is 10.2. The minimum absolute atomic E-state index is 0.0321. The highest BCUT2D eigenvalue weighted by Crippen LogP contribution is 2.14. The third-order valence-electron chi connectivity index (χ3n) is 2.44. The normalized spacial score (nSPS) is 21.6. The predicted octanol–water partition coefficient (Wildman–Crippen LogP) is 1.20. The number of rotatable bonds is 4. The van der Waals surface area contributed by atoms with Gasteiger partial charge in [-0.05, 0) is 6.42 Å². The zero-order valence-electron chi connectivity index (χ0n) is 9.63. The second-order valence-electron chi connectivity index (χ2n) is 3.85. The minimum atomic E-state index is -4.39. The van der Waals surface area contributed by atoms with Crippen LogP contribution in [0.1, 0.15) is 13.3 Å². The molecule has 1 amide bonds. The molecule has 4 nitrogen and oxygen atoms in total. The Morgan fingerprint density at radius 1 is 1.53 bits per heavy atom. The summed E-state index contributed by atoms with van der Waals surface area (Å²) >= 11 is 0. The topological polar surface area (TPSA) is 38.8 Å². The van der Waals surface area contributed by atoms with Crippen LogP contribution in [0, 0.1) is 0 Å². The summed E-state index contributed by atoms with van der Waals surface area (Å²) in [4.78, 5) is 13.0. The lowest BCUT2D eigenvalue weighted by Crippen LogP contribution is -2.46. The maximum atomic E-state index is 11.8. The van der Waals surface area contributed by atoms with Crippen molar-refractivity contribution in [1.29, 1.82) is 0 Å². The molecule has 0 N–H and O–H groups in total. The van der Waals surface area contributed by atoms with Gasteiger partial charge in [0.1, 0.15) is 13.2 Å². The van der Waals surface area contributed by atoms with E-state index >= 15 is 0 Å². The molecule has 0 aromatic carbocycles. The summed E-state index contributed by atoms with van der Waals surface area (Å²) in [5, 5.41) is 0. The predicted molar refractivity (Wildman–Crippen MR) is 53.5 cm³/mol. The van der Waals surface area contributed by atoms with Crippen molar-refractivity contribution in [3.05, 3.63) is 0 Å². The average Bonchev–Trinajstić information content (AvgIpc) is 2.27. The van der Waals surface area contributed by atoms with Gasteiger partial charge in [0.15, 0.2) is 0 Å². The first-order valence-corrected chi connectivity index (χ1v) is 5.46. The largest absolute Gasteiger partial charge is 0.411 e. The van der Waals surface area contributed by atoms with Crippen molar-refractivity contribution >= 4 is 5.91 Å². The molecule has 1 aliphatic heterocycles. The van der Waals surface area contributed by atoms with E-state index in [0.29, 0.717) is 19.7 Å². The van der Waals surface area contributed by atoms with E-state index in [4.69, 9.17) is 4.74 Å². The lowest BCUT2D eigenvalue weighted by molar-refractivity contribution is -0.179. The van der Waals surface area contributed by atoms with E-state index in [0.717, 1.165) is 6.42 Å². The molecule has 0 radical (unpaired) electrons. The summed E-state index contributed by atoms with van der Waals surface area (Å²) < 4.78 is 45.1. The van der Waals surface area contributed by atoms with E-state index in [1.165, 1.54) is 4.90 Å². The highest BCUT2D eigenvalue weighted by Gasteiger charge is 2.29. The molecule has 0 saturated carbocycles. The molecule has 1 aliphatic rings. The van der Waals surface area contributed by atoms with Crippen LogP contribution >= 0.6 is 0 Å². The number of carbonyl (C=O) groups is 1. The van der Waals surface area contributed by atoms with Gasteiger partial charge in [0.25, 0.3) is 0 Å². The Balaban J connectivity index is 2.27. The number of hydrogen-bond donors (Lipinski definition) is 0. The van der Waals surface area contributed by atoms with Crippen molar-refractivity contribution in [3.8, 4) is 0 Å². The Labute approximate surface area is 97.7 Å². The summed E-state index contributed by atoms with van der Waals surface area (Å²) in [6.07, 6.45) is -3.65. The summed E-state index contributed by atoms with van der Waals surface area (Å²) in [5.74, 6) is -0.420. The molecule has 7 heteroatoms. The van der Waals surface area contributed by atoms with E-state index < -0.39 is 25.3 Å². The molecular weight excluding hydrogens is 239 g/mol. The monoisotopic (exact) mass is 255 g/mol. The Hall–Kier alpha value is -0.820. The minimum Gasteiger partial charge on any atom is -0.375 e. The molecule has 0 spiro atoms. The molecule has 1 rings (SSSR count). The Kier molecular flexibility index (Phi) is 5.20. The smallest absolute Gasteiger partial charge is 0.375 e. The highest BCUT2D eigenvalue weighted by atomic mass is 19.4. The van der Waals surface area contributed by atoms with Crippen LogP contribution < -0.4 is 0 Å². The second kappa shape index (κ2) is 6.20. The molecule has 100 valence electrons. The molecule has 17 heavy (non-hydrogen) atoms. The summed E-state index contributed by atoms with van der Waals surface area (Å²) in [7, 11) is 0. The third-order valence-corrected chi connectivity index (χ3v) is 2.44. The molecule has 1 atom stereocenters.